The van der Waals surface area contributed by atoms with Crippen molar-refractivity contribution >= 4 is 34.7 Å². The topological polar surface area (TPSA) is 93.1 Å². The van der Waals surface area contributed by atoms with E-state index in [1.807, 2.05) is 0 Å². The number of nitrogens with zero attached hydrogens (tertiary/aromatic N) is 1. The van der Waals surface area contributed by atoms with Crippen molar-refractivity contribution in [1.29, 1.82) is 0 Å². The second kappa shape index (κ2) is 8.68. The smallest absolute Gasteiger partial charge is 0.308 e. The molecule has 1 amide bonds. The molecule has 3 aromatic rings. The van der Waals surface area contributed by atoms with Crippen LogP contribution in [0.25, 0.3) is 0 Å². The van der Waals surface area contributed by atoms with Crippen LogP contribution < -0.4 is 14.4 Å². The lowest BCUT2D eigenvalue weighted by Gasteiger charge is -2.27. The maximum Gasteiger partial charge on any atom is 0.308 e. The lowest BCUT2D eigenvalue weighted by atomic mass is 9.95. The third kappa shape index (κ3) is 3.88. The summed E-state index contributed by atoms with van der Waals surface area (Å²) in [5.41, 5.74) is 0.948. The molecule has 32 heavy (non-hydrogen) atoms. The van der Waals surface area contributed by atoms with E-state index in [4.69, 9.17) is 9.47 Å². The molecule has 162 valence electrons. The van der Waals surface area contributed by atoms with Gasteiger partial charge in [-0.1, -0.05) is 18.2 Å². The van der Waals surface area contributed by atoms with Crippen LogP contribution in [0.4, 0.5) is 5.69 Å². The monoisotopic (exact) mass is 449 g/mol. The molecule has 1 unspecified atom stereocenters. The van der Waals surface area contributed by atoms with E-state index in [1.165, 1.54) is 30.3 Å². The van der Waals surface area contributed by atoms with Gasteiger partial charge in [0.2, 0.25) is 5.78 Å². The van der Waals surface area contributed by atoms with Crippen LogP contribution in [0.1, 0.15) is 28.2 Å². The van der Waals surface area contributed by atoms with Crippen molar-refractivity contribution in [3.63, 3.8) is 0 Å². The van der Waals surface area contributed by atoms with Gasteiger partial charge in [0.05, 0.1) is 23.6 Å². The fourth-order valence-corrected chi connectivity index (χ4v) is 4.29. The number of benzene rings is 2. The van der Waals surface area contributed by atoms with E-state index in [0.29, 0.717) is 21.9 Å². The molecule has 1 aliphatic heterocycles. The number of rotatable bonds is 6. The number of carbonyl (C=O) groups is 3. The van der Waals surface area contributed by atoms with Crippen molar-refractivity contribution < 1.29 is 29.0 Å². The molecular weight excluding hydrogens is 430 g/mol. The Balaban J connectivity index is 1.86. The first-order chi connectivity index (χ1) is 15.4. The fraction of sp³-hybridized carbons (Fsp3) is 0.125. The highest BCUT2D eigenvalue weighted by molar-refractivity contribution is 7.12. The van der Waals surface area contributed by atoms with Crippen molar-refractivity contribution in [3.8, 4) is 11.5 Å². The minimum atomic E-state index is -0.916. The summed E-state index contributed by atoms with van der Waals surface area (Å²) >= 11 is 1.22. The summed E-state index contributed by atoms with van der Waals surface area (Å²) in [7, 11) is 1.53. The Morgan fingerprint density at radius 2 is 1.78 bits per heavy atom. The highest BCUT2D eigenvalue weighted by Crippen LogP contribution is 2.43. The summed E-state index contributed by atoms with van der Waals surface area (Å²) in [5.74, 6) is -1.37. The average molecular weight is 449 g/mol. The molecule has 1 aliphatic rings. The quantitative estimate of drug-likeness (QED) is 0.339. The molecule has 1 aromatic heterocycles. The highest BCUT2D eigenvalue weighted by atomic mass is 32.1. The molecule has 0 fully saturated rings. The Hall–Kier alpha value is -3.91. The van der Waals surface area contributed by atoms with E-state index in [0.717, 1.165) is 0 Å². The number of ketones is 1. The number of anilines is 1. The van der Waals surface area contributed by atoms with Gasteiger partial charge in [0, 0.05) is 12.6 Å². The van der Waals surface area contributed by atoms with E-state index < -0.39 is 29.5 Å². The summed E-state index contributed by atoms with van der Waals surface area (Å²) in [6.45, 7) is 1.28. The molecular formula is C24H19NO6S. The molecule has 0 saturated carbocycles. The number of hydrogen-bond donors (Lipinski definition) is 1. The van der Waals surface area contributed by atoms with Gasteiger partial charge in [0.15, 0.2) is 5.76 Å². The molecule has 1 N–H and O–H groups in total. The Kier molecular flexibility index (Phi) is 5.79. The second-order valence-electron chi connectivity index (χ2n) is 7.01. The Bertz CT molecular complexity index is 1210. The summed E-state index contributed by atoms with van der Waals surface area (Å²) < 4.78 is 10.4. The van der Waals surface area contributed by atoms with Gasteiger partial charge in [0.1, 0.15) is 11.5 Å². The van der Waals surface area contributed by atoms with Gasteiger partial charge in [0.25, 0.3) is 5.91 Å². The van der Waals surface area contributed by atoms with Gasteiger partial charge in [-0.2, -0.15) is 0 Å². The van der Waals surface area contributed by atoms with Crippen molar-refractivity contribution in [2.75, 3.05) is 12.0 Å². The van der Waals surface area contributed by atoms with Gasteiger partial charge < -0.3 is 14.6 Å². The molecule has 7 nitrogen and oxygen atoms in total. The number of ether oxygens (including phenoxy) is 2. The van der Waals surface area contributed by atoms with Crippen molar-refractivity contribution in [2.24, 2.45) is 0 Å². The van der Waals surface area contributed by atoms with Crippen LogP contribution >= 0.6 is 11.3 Å². The number of aliphatic hydroxyl groups is 1. The number of Topliss-reactive ketones (excluding diaryl/α,β-unsaturated/α-hetero) is 1. The first kappa shape index (κ1) is 21.3. The molecule has 0 bridgehead atoms. The number of aliphatic hydroxyl groups excluding tert-OH is 1. The number of esters is 1. The van der Waals surface area contributed by atoms with Gasteiger partial charge >= 0.3 is 5.97 Å². The molecule has 0 spiro atoms. The third-order valence-corrected chi connectivity index (χ3v) is 5.85. The lowest BCUT2D eigenvalue weighted by Crippen LogP contribution is -2.31. The largest absolute Gasteiger partial charge is 0.503 e. The van der Waals surface area contributed by atoms with Crippen LogP contribution in [0.15, 0.2) is 77.4 Å². The van der Waals surface area contributed by atoms with Crippen LogP contribution in [0.2, 0.25) is 0 Å². The summed E-state index contributed by atoms with van der Waals surface area (Å²) in [5, 5.41) is 12.5. The zero-order valence-corrected chi connectivity index (χ0v) is 18.1. The van der Waals surface area contributed by atoms with E-state index in [2.05, 4.69) is 0 Å². The number of carbonyl (C=O) groups excluding carboxylic acids is 3. The highest BCUT2D eigenvalue weighted by Gasteiger charge is 2.45. The Labute approximate surface area is 188 Å². The van der Waals surface area contributed by atoms with Crippen LogP contribution in [0.3, 0.4) is 0 Å². The molecule has 2 heterocycles. The summed E-state index contributed by atoms with van der Waals surface area (Å²) in [4.78, 5) is 39.6. The number of methoxy groups -OCH3 is 1. The van der Waals surface area contributed by atoms with E-state index in [-0.39, 0.29) is 11.3 Å². The molecule has 0 aliphatic carbocycles. The van der Waals surface area contributed by atoms with Gasteiger partial charge in [-0.05, 0) is 53.4 Å². The molecule has 1 atom stereocenters. The van der Waals surface area contributed by atoms with Crippen LogP contribution in [0, 0.1) is 0 Å². The zero-order valence-electron chi connectivity index (χ0n) is 17.3. The number of hydrogen-bond acceptors (Lipinski definition) is 7. The molecule has 8 heteroatoms. The molecule has 2 aromatic carbocycles. The first-order valence-electron chi connectivity index (χ1n) is 9.68. The normalized spacial score (nSPS) is 15.8. The minimum absolute atomic E-state index is 0.0340. The van der Waals surface area contributed by atoms with E-state index in [9.17, 15) is 19.5 Å². The van der Waals surface area contributed by atoms with Crippen LogP contribution in [-0.4, -0.2) is 29.9 Å². The van der Waals surface area contributed by atoms with Crippen molar-refractivity contribution in [3.05, 3.63) is 87.8 Å². The van der Waals surface area contributed by atoms with Crippen molar-refractivity contribution in [2.45, 2.75) is 13.0 Å². The minimum Gasteiger partial charge on any atom is -0.503 e. The van der Waals surface area contributed by atoms with E-state index >= 15 is 0 Å². The second-order valence-corrected chi connectivity index (χ2v) is 7.96. The van der Waals surface area contributed by atoms with Crippen LogP contribution in [-0.2, 0) is 9.59 Å². The molecule has 0 radical (unpaired) electrons. The van der Waals surface area contributed by atoms with Gasteiger partial charge in [-0.25, -0.2) is 0 Å². The lowest BCUT2D eigenvalue weighted by molar-refractivity contribution is -0.131. The molecule has 4 rings (SSSR count). The van der Waals surface area contributed by atoms with Gasteiger partial charge in [-0.3, -0.25) is 19.3 Å². The standard InChI is InChI=1S/C24H19NO6S/c1-14(26)31-18-6-3-5-15(13-18)21-20(22(27)19-7-4-12-32-19)23(28)24(29)25(21)16-8-10-17(30-2)11-9-16/h3-13,21,28H,1-2H3. The van der Waals surface area contributed by atoms with E-state index in [1.54, 1.807) is 66.0 Å². The first-order valence-corrected chi connectivity index (χ1v) is 10.6. The predicted octanol–water partition coefficient (Wildman–Crippen LogP) is 4.46. The molecule has 0 saturated heterocycles. The average Bonchev–Trinajstić information content (AvgIpc) is 3.41. The number of thiophene rings is 1. The maximum atomic E-state index is 13.3. The third-order valence-electron chi connectivity index (χ3n) is 4.98. The SMILES string of the molecule is COc1ccc(N2C(=O)C(O)=C(C(=O)c3cccs3)C2c2cccc(OC(C)=O)c2)cc1. The maximum absolute atomic E-state index is 13.3. The Morgan fingerprint density at radius 1 is 1.03 bits per heavy atom. The fourth-order valence-electron chi connectivity index (χ4n) is 3.62. The summed E-state index contributed by atoms with van der Waals surface area (Å²) in [6.07, 6.45) is 0. The number of amides is 1. The zero-order chi connectivity index (χ0) is 22.8. The Morgan fingerprint density at radius 3 is 2.41 bits per heavy atom. The van der Waals surface area contributed by atoms with Crippen molar-refractivity contribution in [1.82, 2.24) is 0 Å². The predicted molar refractivity (Wildman–Crippen MR) is 119 cm³/mol. The van der Waals surface area contributed by atoms with Gasteiger partial charge in [-0.15, -0.1) is 11.3 Å². The van der Waals surface area contributed by atoms with Crippen LogP contribution in [0.5, 0.6) is 11.5 Å². The summed E-state index contributed by atoms with van der Waals surface area (Å²) in [6, 6.07) is 15.7.